The summed E-state index contributed by atoms with van der Waals surface area (Å²) in [4.78, 5) is 12.4. The van der Waals surface area contributed by atoms with E-state index in [1.165, 1.54) is 0 Å². The largest absolute Gasteiger partial charge is 0.362 e. The fourth-order valence-electron chi connectivity index (χ4n) is 1.87. The van der Waals surface area contributed by atoms with E-state index in [4.69, 9.17) is 34.8 Å². The maximum absolute atomic E-state index is 12.4. The van der Waals surface area contributed by atoms with Gasteiger partial charge < -0.3 is 10.6 Å². The van der Waals surface area contributed by atoms with Crippen molar-refractivity contribution >= 4 is 62.3 Å². The zero-order valence-electron chi connectivity index (χ0n) is 12.1. The Balaban J connectivity index is 2.18. The van der Waals surface area contributed by atoms with Crippen molar-refractivity contribution in [1.29, 1.82) is 0 Å². The van der Waals surface area contributed by atoms with Crippen molar-refractivity contribution in [1.82, 2.24) is 5.32 Å². The number of alkyl halides is 3. The maximum Gasteiger partial charge on any atom is 0.254 e. The number of hydrogen-bond donors (Lipinski definition) is 2. The summed E-state index contributed by atoms with van der Waals surface area (Å²) in [5.41, 5.74) is 2.30. The third kappa shape index (κ3) is 5.28. The molecule has 0 bridgehead atoms. The molecule has 23 heavy (non-hydrogen) atoms. The third-order valence-electron chi connectivity index (χ3n) is 3.08. The van der Waals surface area contributed by atoms with E-state index in [0.29, 0.717) is 10.0 Å². The number of nitrogens with one attached hydrogen (secondary N) is 2. The molecule has 0 spiro atoms. The molecule has 0 aliphatic heterocycles. The fourth-order valence-corrected chi connectivity index (χ4v) is 2.66. The molecular weight excluding hydrogens is 422 g/mol. The Morgan fingerprint density at radius 3 is 2.26 bits per heavy atom. The first-order valence-corrected chi connectivity index (χ1v) is 8.65. The van der Waals surface area contributed by atoms with E-state index in [1.54, 1.807) is 18.2 Å². The molecule has 0 radical (unpaired) electrons. The van der Waals surface area contributed by atoms with Crippen LogP contribution in [0.2, 0.25) is 0 Å². The van der Waals surface area contributed by atoms with Gasteiger partial charge in [0.05, 0.1) is 5.56 Å². The highest BCUT2D eigenvalue weighted by atomic mass is 79.9. The summed E-state index contributed by atoms with van der Waals surface area (Å²) in [6.45, 7) is 1.98. The van der Waals surface area contributed by atoms with Crippen molar-refractivity contribution in [3.8, 4) is 0 Å². The molecule has 2 rings (SSSR count). The van der Waals surface area contributed by atoms with Gasteiger partial charge in [-0.2, -0.15) is 0 Å². The van der Waals surface area contributed by atoms with Gasteiger partial charge in [-0.05, 0) is 47.1 Å². The van der Waals surface area contributed by atoms with E-state index >= 15 is 0 Å². The van der Waals surface area contributed by atoms with Gasteiger partial charge in [-0.3, -0.25) is 4.79 Å². The van der Waals surface area contributed by atoms with Crippen LogP contribution in [0, 0.1) is 6.92 Å². The highest BCUT2D eigenvalue weighted by Gasteiger charge is 2.34. The molecule has 0 heterocycles. The lowest BCUT2D eigenvalue weighted by molar-refractivity contribution is 0.0941. The number of amides is 1. The fraction of sp³-hybridized carbons (Fsp3) is 0.188. The van der Waals surface area contributed by atoms with Crippen LogP contribution < -0.4 is 10.6 Å². The summed E-state index contributed by atoms with van der Waals surface area (Å²) in [6, 6.07) is 14.6. The van der Waals surface area contributed by atoms with Crippen molar-refractivity contribution in [2.24, 2.45) is 0 Å². The summed E-state index contributed by atoms with van der Waals surface area (Å²) in [7, 11) is 0. The van der Waals surface area contributed by atoms with Crippen LogP contribution in [0.1, 0.15) is 15.9 Å². The van der Waals surface area contributed by atoms with Crippen molar-refractivity contribution in [3.05, 3.63) is 64.1 Å². The van der Waals surface area contributed by atoms with Gasteiger partial charge in [-0.1, -0.05) is 64.6 Å². The molecule has 0 saturated heterocycles. The van der Waals surface area contributed by atoms with Crippen molar-refractivity contribution < 1.29 is 4.79 Å². The van der Waals surface area contributed by atoms with Gasteiger partial charge in [0.1, 0.15) is 6.17 Å². The van der Waals surface area contributed by atoms with Gasteiger partial charge >= 0.3 is 0 Å². The van der Waals surface area contributed by atoms with Crippen LogP contribution in [0.4, 0.5) is 5.69 Å². The number of benzene rings is 2. The molecule has 2 aromatic rings. The standard InChI is InChI=1S/C16H14BrCl3N2O/c1-10-6-8-11(9-7-10)21-15(16(18,19)20)22-14(23)12-4-2-3-5-13(12)17/h2-9,15,21H,1H3,(H,22,23)/t15-/m1/s1. The predicted octanol–water partition coefficient (Wildman–Crippen LogP) is 5.30. The Bertz CT molecular complexity index is 686. The second-order valence-electron chi connectivity index (χ2n) is 4.94. The number of hydrogen-bond acceptors (Lipinski definition) is 2. The molecule has 2 aromatic carbocycles. The average Bonchev–Trinajstić information content (AvgIpc) is 2.48. The average molecular weight is 437 g/mol. The van der Waals surface area contributed by atoms with Gasteiger partial charge in [0.2, 0.25) is 3.79 Å². The molecule has 1 atom stereocenters. The Morgan fingerprint density at radius 1 is 1.09 bits per heavy atom. The number of rotatable bonds is 4. The Morgan fingerprint density at radius 2 is 1.70 bits per heavy atom. The van der Waals surface area contributed by atoms with Gasteiger partial charge in [-0.25, -0.2) is 0 Å². The first kappa shape index (κ1) is 18.4. The van der Waals surface area contributed by atoms with Crippen LogP contribution >= 0.6 is 50.7 Å². The lowest BCUT2D eigenvalue weighted by Gasteiger charge is -2.27. The first-order chi connectivity index (χ1) is 10.8. The third-order valence-corrected chi connectivity index (χ3v) is 4.43. The second-order valence-corrected chi connectivity index (χ2v) is 8.16. The van der Waals surface area contributed by atoms with Gasteiger partial charge in [0.15, 0.2) is 0 Å². The van der Waals surface area contributed by atoms with Crippen LogP contribution in [0.25, 0.3) is 0 Å². The van der Waals surface area contributed by atoms with Crippen LogP contribution in [-0.2, 0) is 0 Å². The van der Waals surface area contributed by atoms with Crippen molar-refractivity contribution in [2.45, 2.75) is 16.9 Å². The topological polar surface area (TPSA) is 41.1 Å². The Labute approximate surface area is 158 Å². The number of carbonyl (C=O) groups excluding carboxylic acids is 1. The lowest BCUT2D eigenvalue weighted by Crippen LogP contribution is -2.49. The number of aryl methyl sites for hydroxylation is 1. The smallest absolute Gasteiger partial charge is 0.254 e. The van der Waals surface area contributed by atoms with Gasteiger partial charge in [0.25, 0.3) is 5.91 Å². The van der Waals surface area contributed by atoms with Crippen molar-refractivity contribution in [2.75, 3.05) is 5.32 Å². The van der Waals surface area contributed by atoms with Gasteiger partial charge in [0, 0.05) is 10.2 Å². The van der Waals surface area contributed by atoms with E-state index in [-0.39, 0.29) is 5.91 Å². The predicted molar refractivity (Wildman–Crippen MR) is 100 cm³/mol. The molecule has 0 unspecified atom stereocenters. The van der Waals surface area contributed by atoms with Crippen LogP contribution in [-0.4, -0.2) is 15.9 Å². The van der Waals surface area contributed by atoms with E-state index in [9.17, 15) is 4.79 Å². The van der Waals surface area contributed by atoms with E-state index < -0.39 is 9.96 Å². The summed E-state index contributed by atoms with van der Waals surface area (Å²) in [5.74, 6) is -0.353. The molecule has 7 heteroatoms. The summed E-state index contributed by atoms with van der Waals surface area (Å²) >= 11 is 21.3. The second kappa shape index (κ2) is 7.75. The molecule has 1 amide bonds. The van der Waals surface area contributed by atoms with Crippen molar-refractivity contribution in [3.63, 3.8) is 0 Å². The number of anilines is 1. The summed E-state index contributed by atoms with van der Waals surface area (Å²) in [6.07, 6.45) is -0.894. The molecular formula is C16H14BrCl3N2O. The molecule has 3 nitrogen and oxygen atoms in total. The number of carbonyl (C=O) groups is 1. The van der Waals surface area contributed by atoms with Crippen LogP contribution in [0.3, 0.4) is 0 Å². The minimum atomic E-state index is -1.72. The Kier molecular flexibility index (Phi) is 6.20. The minimum absolute atomic E-state index is 0.353. The van der Waals surface area contributed by atoms with Crippen LogP contribution in [0.15, 0.2) is 53.0 Å². The maximum atomic E-state index is 12.4. The normalized spacial score (nSPS) is 12.6. The molecule has 0 fully saturated rings. The Hall–Kier alpha value is -0.940. The lowest BCUT2D eigenvalue weighted by atomic mass is 10.2. The van der Waals surface area contributed by atoms with E-state index in [2.05, 4.69) is 26.6 Å². The van der Waals surface area contributed by atoms with Gasteiger partial charge in [-0.15, -0.1) is 0 Å². The molecule has 2 N–H and O–H groups in total. The van der Waals surface area contributed by atoms with E-state index in [0.717, 1.165) is 11.3 Å². The molecule has 122 valence electrons. The highest BCUT2D eigenvalue weighted by molar-refractivity contribution is 9.10. The molecule has 0 aliphatic carbocycles. The summed E-state index contributed by atoms with van der Waals surface area (Å²) in [5, 5.41) is 5.72. The van der Waals surface area contributed by atoms with Crippen LogP contribution in [0.5, 0.6) is 0 Å². The molecule has 0 aromatic heterocycles. The molecule has 0 aliphatic rings. The zero-order chi connectivity index (χ0) is 17.0. The zero-order valence-corrected chi connectivity index (χ0v) is 16.0. The quantitative estimate of drug-likeness (QED) is 0.505. The summed E-state index contributed by atoms with van der Waals surface area (Å²) < 4.78 is -1.06. The first-order valence-electron chi connectivity index (χ1n) is 6.72. The van der Waals surface area contributed by atoms with E-state index in [1.807, 2.05) is 37.3 Å². The number of halogens is 4. The highest BCUT2D eigenvalue weighted by Crippen LogP contribution is 2.31. The minimum Gasteiger partial charge on any atom is -0.362 e. The monoisotopic (exact) mass is 434 g/mol. The molecule has 0 saturated carbocycles. The SMILES string of the molecule is Cc1ccc(N[C@H](NC(=O)c2ccccc2Br)C(Cl)(Cl)Cl)cc1.